The van der Waals surface area contributed by atoms with Gasteiger partial charge in [-0.3, -0.25) is 0 Å². The number of amidine groups is 1. The summed E-state index contributed by atoms with van der Waals surface area (Å²) in [4.78, 5) is 29.8. The first-order valence-corrected chi connectivity index (χ1v) is 9.20. The van der Waals surface area contributed by atoms with Crippen molar-refractivity contribution in [3.05, 3.63) is 12.2 Å². The van der Waals surface area contributed by atoms with E-state index < -0.39 is 18.0 Å². The first kappa shape index (κ1) is 24.5. The van der Waals surface area contributed by atoms with E-state index in [-0.39, 0.29) is 12.1 Å². The van der Waals surface area contributed by atoms with Crippen molar-refractivity contribution in [2.75, 3.05) is 46.1 Å². The summed E-state index contributed by atoms with van der Waals surface area (Å²) >= 11 is 0. The van der Waals surface area contributed by atoms with Crippen LogP contribution in [-0.4, -0.2) is 102 Å². The van der Waals surface area contributed by atoms with Gasteiger partial charge in [-0.25, -0.2) is 19.6 Å². The number of aliphatic hydroxyl groups is 1. The van der Waals surface area contributed by atoms with Crippen LogP contribution in [0.4, 0.5) is 0 Å². The van der Waals surface area contributed by atoms with Gasteiger partial charge in [0.2, 0.25) is 0 Å². The molecule has 0 aliphatic carbocycles. The maximum atomic E-state index is 9.95. The molecule has 0 radical (unpaired) electrons. The number of β-amino-alcohol motifs (C(OH)–C–C–N with tert-alkyl or cyclic N) is 1. The number of ether oxygens (including phenoxy) is 2. The standard InChI is InChI=1S/C14H26N4O3.C4H4O4/c1-14(2,3)17-8-11(19)9-21-13-12(15-10-16-13)18-4-6-20-7-5-18;5-3(6)1-2-4(7)8/h11,17,19H,4-10H2,1-3H3;1-2H,(H,5,6)(H,7,8)/b;2-1-/t11-;/m0./s1. The largest absolute Gasteiger partial charge is 0.478 e. The zero-order valence-corrected chi connectivity index (χ0v) is 17.0. The second kappa shape index (κ2) is 12.1. The van der Waals surface area contributed by atoms with Crippen LogP contribution in [0.5, 0.6) is 0 Å². The summed E-state index contributed by atoms with van der Waals surface area (Å²) < 4.78 is 11.0. The van der Waals surface area contributed by atoms with E-state index in [0.717, 1.165) is 18.9 Å². The maximum absolute atomic E-state index is 9.95. The summed E-state index contributed by atoms with van der Waals surface area (Å²) in [5, 5.41) is 28.8. The van der Waals surface area contributed by atoms with Crippen LogP contribution < -0.4 is 5.32 Å². The van der Waals surface area contributed by atoms with Crippen molar-refractivity contribution in [1.29, 1.82) is 0 Å². The number of aliphatic carboxylic acids is 2. The minimum absolute atomic E-state index is 0.0216. The first-order valence-electron chi connectivity index (χ1n) is 9.20. The number of hydrogen-bond donors (Lipinski definition) is 4. The lowest BCUT2D eigenvalue weighted by Gasteiger charge is -2.29. The van der Waals surface area contributed by atoms with Gasteiger partial charge in [0, 0.05) is 37.3 Å². The Morgan fingerprint density at radius 2 is 1.79 bits per heavy atom. The maximum Gasteiger partial charge on any atom is 0.328 e. The van der Waals surface area contributed by atoms with E-state index in [1.54, 1.807) is 0 Å². The van der Waals surface area contributed by atoms with Crippen molar-refractivity contribution >= 4 is 23.7 Å². The van der Waals surface area contributed by atoms with Crippen LogP contribution in [0.15, 0.2) is 22.1 Å². The number of carbonyl (C=O) groups is 2. The Morgan fingerprint density at radius 1 is 1.21 bits per heavy atom. The first-order chi connectivity index (χ1) is 13.6. The highest BCUT2D eigenvalue weighted by Gasteiger charge is 2.25. The number of morpholine rings is 1. The molecule has 4 N–H and O–H groups in total. The van der Waals surface area contributed by atoms with Gasteiger partial charge in [0.25, 0.3) is 5.90 Å². The van der Waals surface area contributed by atoms with Crippen LogP contribution in [0.2, 0.25) is 0 Å². The van der Waals surface area contributed by atoms with Gasteiger partial charge in [-0.1, -0.05) is 0 Å². The number of nitrogens with one attached hydrogen (secondary N) is 1. The fourth-order valence-corrected chi connectivity index (χ4v) is 2.23. The number of carboxylic acids is 2. The molecule has 0 amide bonds. The Kier molecular flexibility index (Phi) is 10.3. The van der Waals surface area contributed by atoms with E-state index >= 15 is 0 Å². The van der Waals surface area contributed by atoms with Gasteiger partial charge < -0.3 is 35.0 Å². The van der Waals surface area contributed by atoms with Gasteiger partial charge in [-0.2, -0.15) is 0 Å². The van der Waals surface area contributed by atoms with Crippen molar-refractivity contribution in [3.63, 3.8) is 0 Å². The number of hydrogen-bond acceptors (Lipinski definition) is 9. The van der Waals surface area contributed by atoms with Gasteiger partial charge in [0.05, 0.1) is 13.2 Å². The SMILES string of the molecule is CC(C)(C)NC[C@H](O)COC1=NCN=C1N1CCOCC1.O=C(O)/C=C\C(=O)O. The minimum Gasteiger partial charge on any atom is -0.478 e. The molecular weight excluding hydrogens is 384 g/mol. The molecule has 2 aliphatic rings. The second-order valence-corrected chi connectivity index (χ2v) is 7.29. The predicted molar refractivity (Wildman–Crippen MR) is 106 cm³/mol. The summed E-state index contributed by atoms with van der Waals surface area (Å²) in [6.45, 7) is 10.3. The van der Waals surface area contributed by atoms with Crippen LogP contribution in [-0.2, 0) is 19.1 Å². The number of carboxylic acid groups (broad SMARTS) is 2. The summed E-state index contributed by atoms with van der Waals surface area (Å²) in [5.41, 5.74) is -0.0216. The number of aliphatic imine (C=N–C) groups is 2. The fraction of sp³-hybridized carbons (Fsp3) is 0.667. The van der Waals surface area contributed by atoms with Crippen molar-refractivity contribution in [2.45, 2.75) is 32.4 Å². The highest BCUT2D eigenvalue weighted by Crippen LogP contribution is 2.07. The van der Waals surface area contributed by atoms with Gasteiger partial charge in [-0.15, -0.1) is 0 Å². The normalized spacial score (nSPS) is 17.9. The van der Waals surface area contributed by atoms with Crippen LogP contribution in [0.3, 0.4) is 0 Å². The van der Waals surface area contributed by atoms with Crippen molar-refractivity contribution in [1.82, 2.24) is 10.2 Å². The third-order valence-electron chi connectivity index (χ3n) is 3.59. The monoisotopic (exact) mass is 414 g/mol. The Morgan fingerprint density at radius 3 is 2.31 bits per heavy atom. The average molecular weight is 414 g/mol. The van der Waals surface area contributed by atoms with Gasteiger partial charge >= 0.3 is 11.9 Å². The number of rotatable bonds is 6. The van der Waals surface area contributed by atoms with Crippen LogP contribution in [0.25, 0.3) is 0 Å². The molecule has 0 unspecified atom stereocenters. The smallest absolute Gasteiger partial charge is 0.328 e. The molecule has 0 aromatic rings. The zero-order chi connectivity index (χ0) is 21.9. The Labute approximate surface area is 169 Å². The second-order valence-electron chi connectivity index (χ2n) is 7.29. The highest BCUT2D eigenvalue weighted by molar-refractivity contribution is 6.38. The molecule has 2 rings (SSSR count). The molecule has 2 aliphatic heterocycles. The Balaban J connectivity index is 0.000000447. The number of nitrogens with zero attached hydrogens (tertiary/aromatic N) is 3. The quantitative estimate of drug-likeness (QED) is 0.424. The number of aliphatic hydroxyl groups excluding tert-OH is 1. The van der Waals surface area contributed by atoms with E-state index in [1.165, 1.54) is 0 Å². The Bertz CT molecular complexity index is 619. The molecule has 164 valence electrons. The summed E-state index contributed by atoms with van der Waals surface area (Å²) in [7, 11) is 0. The molecular formula is C18H30N4O7. The van der Waals surface area contributed by atoms with Crippen LogP contribution in [0, 0.1) is 0 Å². The van der Waals surface area contributed by atoms with E-state index in [4.69, 9.17) is 19.7 Å². The van der Waals surface area contributed by atoms with E-state index in [1.807, 2.05) is 0 Å². The fourth-order valence-electron chi connectivity index (χ4n) is 2.23. The molecule has 0 aromatic carbocycles. The lowest BCUT2D eigenvalue weighted by Crippen LogP contribution is -2.45. The predicted octanol–water partition coefficient (Wildman–Crippen LogP) is -0.436. The molecule has 1 atom stereocenters. The third kappa shape index (κ3) is 11.2. The molecule has 2 heterocycles. The summed E-state index contributed by atoms with van der Waals surface area (Å²) in [5.74, 6) is -1.19. The Hall–Kier alpha value is -2.50. The third-order valence-corrected chi connectivity index (χ3v) is 3.59. The highest BCUT2D eigenvalue weighted by atomic mass is 16.5. The molecule has 29 heavy (non-hydrogen) atoms. The average Bonchev–Trinajstić information content (AvgIpc) is 3.12. The minimum atomic E-state index is -1.26. The van der Waals surface area contributed by atoms with Crippen LogP contribution in [0.1, 0.15) is 20.8 Å². The van der Waals surface area contributed by atoms with Crippen molar-refractivity contribution in [3.8, 4) is 0 Å². The summed E-state index contributed by atoms with van der Waals surface area (Å²) in [6.07, 6.45) is 0.545. The molecule has 1 saturated heterocycles. The molecule has 0 bridgehead atoms. The molecule has 11 heteroatoms. The van der Waals surface area contributed by atoms with E-state index in [0.29, 0.717) is 44.5 Å². The lowest BCUT2D eigenvalue weighted by atomic mass is 10.1. The topological polar surface area (TPSA) is 153 Å². The van der Waals surface area contributed by atoms with Crippen molar-refractivity contribution in [2.24, 2.45) is 9.98 Å². The molecule has 0 saturated carbocycles. The molecule has 0 spiro atoms. The lowest BCUT2D eigenvalue weighted by molar-refractivity contribution is -0.134. The van der Waals surface area contributed by atoms with Gasteiger partial charge in [-0.05, 0) is 20.8 Å². The van der Waals surface area contributed by atoms with Gasteiger partial charge in [0.1, 0.15) is 19.4 Å². The molecule has 11 nitrogen and oxygen atoms in total. The van der Waals surface area contributed by atoms with Crippen molar-refractivity contribution < 1.29 is 34.4 Å². The van der Waals surface area contributed by atoms with E-state index in [9.17, 15) is 14.7 Å². The zero-order valence-electron chi connectivity index (χ0n) is 17.0. The van der Waals surface area contributed by atoms with Crippen LogP contribution >= 0.6 is 0 Å². The van der Waals surface area contributed by atoms with E-state index in [2.05, 4.69) is 41.0 Å². The summed E-state index contributed by atoms with van der Waals surface area (Å²) in [6, 6.07) is 0. The van der Waals surface area contributed by atoms with Gasteiger partial charge in [0.15, 0.2) is 5.84 Å². The molecule has 1 fully saturated rings. The molecule has 0 aromatic heterocycles.